The topological polar surface area (TPSA) is 97.2 Å². The molecule has 0 aliphatic heterocycles. The zero-order valence-electron chi connectivity index (χ0n) is 10.6. The van der Waals surface area contributed by atoms with Gasteiger partial charge in [-0.25, -0.2) is 4.98 Å². The number of aromatic nitrogens is 1. The van der Waals surface area contributed by atoms with Gasteiger partial charge in [0.2, 0.25) is 0 Å². The molecule has 8 heteroatoms. The first-order valence-corrected chi connectivity index (χ1v) is 6.62. The first-order valence-electron chi connectivity index (χ1n) is 5.74. The fourth-order valence-corrected chi connectivity index (χ4v) is 2.23. The van der Waals surface area contributed by atoms with Gasteiger partial charge in [-0.15, -0.1) is 11.3 Å². The molecule has 0 bridgehead atoms. The molecule has 2 aromatic rings. The summed E-state index contributed by atoms with van der Waals surface area (Å²) < 4.78 is 0. The predicted octanol–water partition coefficient (Wildman–Crippen LogP) is 2.02. The maximum atomic E-state index is 12.1. The molecule has 0 unspecified atom stereocenters. The molecule has 1 amide bonds. The second kappa shape index (κ2) is 6.11. The lowest BCUT2D eigenvalue weighted by Gasteiger charge is -2.06. The lowest BCUT2D eigenvalue weighted by atomic mass is 10.2. The van der Waals surface area contributed by atoms with Crippen molar-refractivity contribution < 1.29 is 9.72 Å². The Morgan fingerprint density at radius 1 is 1.55 bits per heavy atom. The summed E-state index contributed by atoms with van der Waals surface area (Å²) in [7, 11) is 1.63. The summed E-state index contributed by atoms with van der Waals surface area (Å²) in [5.74, 6) is -0.0964. The molecule has 0 saturated heterocycles. The minimum absolute atomic E-state index is 0.00842. The van der Waals surface area contributed by atoms with Crippen molar-refractivity contribution in [2.24, 2.45) is 0 Å². The molecule has 104 valence electrons. The lowest BCUT2D eigenvalue weighted by molar-refractivity contribution is -0.385. The summed E-state index contributed by atoms with van der Waals surface area (Å²) in [5, 5.41) is 18.2. The highest BCUT2D eigenvalue weighted by molar-refractivity contribution is 7.09. The SMILES string of the molecule is CNc1cc(C(=O)NCc2cccs2)c([N+](=O)[O-])cn1. The largest absolute Gasteiger partial charge is 0.373 e. The van der Waals surface area contributed by atoms with E-state index < -0.39 is 10.8 Å². The maximum Gasteiger partial charge on any atom is 0.300 e. The van der Waals surface area contributed by atoms with Crippen LogP contribution >= 0.6 is 11.3 Å². The Balaban J connectivity index is 2.20. The van der Waals surface area contributed by atoms with Crippen molar-refractivity contribution in [2.45, 2.75) is 6.54 Å². The van der Waals surface area contributed by atoms with Crippen molar-refractivity contribution in [1.29, 1.82) is 0 Å². The minimum atomic E-state index is -0.619. The van der Waals surface area contributed by atoms with Crippen LogP contribution in [-0.4, -0.2) is 22.9 Å². The van der Waals surface area contributed by atoms with Gasteiger partial charge < -0.3 is 10.6 Å². The maximum absolute atomic E-state index is 12.1. The molecule has 0 radical (unpaired) electrons. The summed E-state index contributed by atoms with van der Waals surface area (Å²) in [4.78, 5) is 27.2. The van der Waals surface area contributed by atoms with Crippen LogP contribution in [0.4, 0.5) is 11.5 Å². The van der Waals surface area contributed by atoms with E-state index in [1.807, 2.05) is 17.5 Å². The van der Waals surface area contributed by atoms with Gasteiger partial charge >= 0.3 is 0 Å². The van der Waals surface area contributed by atoms with E-state index in [0.29, 0.717) is 12.4 Å². The normalized spacial score (nSPS) is 10.1. The number of pyridine rings is 1. The molecule has 2 heterocycles. The molecule has 2 rings (SSSR count). The number of rotatable bonds is 5. The van der Waals surface area contributed by atoms with Gasteiger partial charge in [-0.3, -0.25) is 14.9 Å². The minimum Gasteiger partial charge on any atom is -0.373 e. The molecule has 0 aliphatic carbocycles. The second-order valence-electron chi connectivity index (χ2n) is 3.86. The van der Waals surface area contributed by atoms with E-state index in [4.69, 9.17) is 0 Å². The van der Waals surface area contributed by atoms with Crippen LogP contribution in [0.5, 0.6) is 0 Å². The van der Waals surface area contributed by atoms with E-state index >= 15 is 0 Å². The molecule has 0 saturated carbocycles. The molecule has 0 aromatic carbocycles. The molecular weight excluding hydrogens is 280 g/mol. The van der Waals surface area contributed by atoms with Crippen molar-refractivity contribution in [3.8, 4) is 0 Å². The van der Waals surface area contributed by atoms with Crippen molar-refractivity contribution >= 4 is 28.7 Å². The number of amides is 1. The van der Waals surface area contributed by atoms with E-state index in [9.17, 15) is 14.9 Å². The first-order chi connectivity index (χ1) is 9.61. The molecule has 0 atom stereocenters. The number of thiophene rings is 1. The van der Waals surface area contributed by atoms with E-state index in [2.05, 4.69) is 15.6 Å². The fourth-order valence-electron chi connectivity index (χ4n) is 1.59. The fraction of sp³-hybridized carbons (Fsp3) is 0.167. The Labute approximate surface area is 118 Å². The highest BCUT2D eigenvalue weighted by atomic mass is 32.1. The van der Waals surface area contributed by atoms with Crippen LogP contribution in [0, 0.1) is 10.1 Å². The van der Waals surface area contributed by atoms with Crippen LogP contribution in [0.1, 0.15) is 15.2 Å². The Morgan fingerprint density at radius 2 is 2.35 bits per heavy atom. The molecule has 0 fully saturated rings. The molecule has 0 spiro atoms. The molecule has 20 heavy (non-hydrogen) atoms. The summed E-state index contributed by atoms with van der Waals surface area (Å²) in [5.41, 5.74) is -0.321. The van der Waals surface area contributed by atoms with Crippen LogP contribution in [0.3, 0.4) is 0 Å². The summed E-state index contributed by atoms with van der Waals surface area (Å²) in [6.45, 7) is 0.338. The average Bonchev–Trinajstić information content (AvgIpc) is 2.97. The zero-order chi connectivity index (χ0) is 14.5. The Hall–Kier alpha value is -2.48. The Kier molecular flexibility index (Phi) is 4.26. The van der Waals surface area contributed by atoms with Crippen LogP contribution in [0.15, 0.2) is 29.8 Å². The van der Waals surface area contributed by atoms with E-state index in [1.165, 1.54) is 17.4 Å². The number of nitrogens with one attached hydrogen (secondary N) is 2. The number of carbonyl (C=O) groups is 1. The molecule has 2 N–H and O–H groups in total. The Morgan fingerprint density at radius 3 is 2.95 bits per heavy atom. The highest BCUT2D eigenvalue weighted by Gasteiger charge is 2.21. The van der Waals surface area contributed by atoms with Crippen LogP contribution in [-0.2, 0) is 6.54 Å². The zero-order valence-corrected chi connectivity index (χ0v) is 11.4. The molecule has 7 nitrogen and oxygen atoms in total. The number of nitro groups is 1. The summed E-state index contributed by atoms with van der Waals surface area (Å²) in [6, 6.07) is 5.12. The third-order valence-electron chi connectivity index (χ3n) is 2.58. The standard InChI is InChI=1S/C12H12N4O3S/c1-13-11-5-9(10(7-14-11)16(18)19)12(17)15-6-8-3-2-4-20-8/h2-5,7H,6H2,1H3,(H,13,14)(H,15,17). The van der Waals surface area contributed by atoms with E-state index in [1.54, 1.807) is 7.05 Å². The first kappa shape index (κ1) is 13.9. The number of hydrogen-bond donors (Lipinski definition) is 2. The smallest absolute Gasteiger partial charge is 0.300 e. The third kappa shape index (κ3) is 3.09. The number of nitrogens with zero attached hydrogens (tertiary/aromatic N) is 2. The predicted molar refractivity (Wildman–Crippen MR) is 75.9 cm³/mol. The van der Waals surface area contributed by atoms with Gasteiger partial charge in [0.25, 0.3) is 11.6 Å². The van der Waals surface area contributed by atoms with Crippen molar-refractivity contribution in [2.75, 3.05) is 12.4 Å². The van der Waals surface area contributed by atoms with Crippen LogP contribution in [0.25, 0.3) is 0 Å². The van der Waals surface area contributed by atoms with Gasteiger partial charge in [0.1, 0.15) is 17.6 Å². The van der Waals surface area contributed by atoms with Gasteiger partial charge in [0.15, 0.2) is 0 Å². The second-order valence-corrected chi connectivity index (χ2v) is 4.89. The number of anilines is 1. The van der Waals surface area contributed by atoms with Gasteiger partial charge in [0.05, 0.1) is 11.5 Å². The molecule has 2 aromatic heterocycles. The monoisotopic (exact) mass is 292 g/mol. The van der Waals surface area contributed by atoms with Crippen LogP contribution in [0.2, 0.25) is 0 Å². The van der Waals surface area contributed by atoms with Crippen LogP contribution < -0.4 is 10.6 Å². The van der Waals surface area contributed by atoms with Crippen molar-refractivity contribution in [3.63, 3.8) is 0 Å². The van der Waals surface area contributed by atoms with Gasteiger partial charge in [-0.1, -0.05) is 6.07 Å². The molecule has 0 aliphatic rings. The summed E-state index contributed by atoms with van der Waals surface area (Å²) >= 11 is 1.50. The highest BCUT2D eigenvalue weighted by Crippen LogP contribution is 2.20. The summed E-state index contributed by atoms with van der Waals surface area (Å²) in [6.07, 6.45) is 1.08. The Bertz CT molecular complexity index is 628. The van der Waals surface area contributed by atoms with E-state index in [-0.39, 0.29) is 11.3 Å². The lowest BCUT2D eigenvalue weighted by Crippen LogP contribution is -2.23. The quantitative estimate of drug-likeness (QED) is 0.649. The van der Waals surface area contributed by atoms with Crippen molar-refractivity contribution in [1.82, 2.24) is 10.3 Å². The average molecular weight is 292 g/mol. The van der Waals surface area contributed by atoms with E-state index in [0.717, 1.165) is 11.1 Å². The number of hydrogen-bond acceptors (Lipinski definition) is 6. The van der Waals surface area contributed by atoms with Crippen molar-refractivity contribution in [3.05, 3.63) is 50.3 Å². The van der Waals surface area contributed by atoms with Gasteiger partial charge in [-0.05, 0) is 11.4 Å². The van der Waals surface area contributed by atoms with Gasteiger partial charge in [-0.2, -0.15) is 0 Å². The molecular formula is C12H12N4O3S. The third-order valence-corrected chi connectivity index (χ3v) is 3.46. The van der Waals surface area contributed by atoms with Gasteiger partial charge in [0, 0.05) is 18.0 Å². The number of carbonyl (C=O) groups excluding carboxylic acids is 1.